The number of amides is 1. The minimum absolute atomic E-state index is 0.0928. The van der Waals surface area contributed by atoms with E-state index in [1.807, 2.05) is 0 Å². The first kappa shape index (κ1) is 13.0. The zero-order chi connectivity index (χ0) is 12.0. The summed E-state index contributed by atoms with van der Waals surface area (Å²) in [6.07, 6.45) is 2.79. The summed E-state index contributed by atoms with van der Waals surface area (Å²) < 4.78 is 0. The lowest BCUT2D eigenvalue weighted by molar-refractivity contribution is -0.120. The van der Waals surface area contributed by atoms with Crippen LogP contribution in [0.1, 0.15) is 40.0 Å². The Morgan fingerprint density at radius 3 is 2.88 bits per heavy atom. The highest BCUT2D eigenvalue weighted by molar-refractivity contribution is 5.99. The maximum Gasteiger partial charge on any atom is 0.228 e. The maximum absolute atomic E-state index is 11.3. The average molecular weight is 225 g/mol. The molecular weight excluding hydrogens is 202 g/mol. The molecule has 4 nitrogen and oxygen atoms in total. The van der Waals surface area contributed by atoms with Crippen LogP contribution in [0.25, 0.3) is 0 Å². The van der Waals surface area contributed by atoms with Gasteiger partial charge in [-0.05, 0) is 12.3 Å². The lowest BCUT2D eigenvalue weighted by Gasteiger charge is -2.31. The van der Waals surface area contributed by atoms with Gasteiger partial charge in [0.1, 0.15) is 0 Å². The summed E-state index contributed by atoms with van der Waals surface area (Å²) in [7, 11) is 0. The van der Waals surface area contributed by atoms with Gasteiger partial charge >= 0.3 is 0 Å². The molecule has 0 bridgehead atoms. The quantitative estimate of drug-likeness (QED) is 0.723. The second-order valence-electron chi connectivity index (χ2n) is 4.70. The summed E-state index contributed by atoms with van der Waals surface area (Å²) in [6, 6.07) is 0. The number of nitrogens with zero attached hydrogens (tertiary/aromatic N) is 2. The van der Waals surface area contributed by atoms with Crippen molar-refractivity contribution >= 4 is 11.9 Å². The summed E-state index contributed by atoms with van der Waals surface area (Å²) in [5, 5.41) is 2.87. The molecule has 1 aliphatic heterocycles. The first-order chi connectivity index (χ1) is 7.63. The van der Waals surface area contributed by atoms with Gasteiger partial charge in [0.25, 0.3) is 0 Å². The summed E-state index contributed by atoms with van der Waals surface area (Å²) in [4.78, 5) is 18.0. The van der Waals surface area contributed by atoms with Crippen molar-refractivity contribution in [3.8, 4) is 0 Å². The van der Waals surface area contributed by atoms with E-state index in [2.05, 4.69) is 36.0 Å². The van der Waals surface area contributed by atoms with Gasteiger partial charge < -0.3 is 4.90 Å². The van der Waals surface area contributed by atoms with E-state index >= 15 is 0 Å². The topological polar surface area (TPSA) is 44.7 Å². The monoisotopic (exact) mass is 225 g/mol. The molecule has 16 heavy (non-hydrogen) atoms. The number of hydrogen-bond acceptors (Lipinski definition) is 2. The van der Waals surface area contributed by atoms with Gasteiger partial charge in [0, 0.05) is 26.1 Å². The maximum atomic E-state index is 11.3. The van der Waals surface area contributed by atoms with E-state index in [4.69, 9.17) is 0 Å². The minimum Gasteiger partial charge on any atom is -0.342 e. The van der Waals surface area contributed by atoms with E-state index in [0.717, 1.165) is 38.4 Å². The number of hydrogen-bond donors (Lipinski definition) is 1. The molecule has 1 N–H and O–H groups in total. The van der Waals surface area contributed by atoms with E-state index in [1.54, 1.807) is 0 Å². The molecule has 0 aliphatic carbocycles. The number of carbonyl (C=O) groups excluding carboxylic acids is 1. The van der Waals surface area contributed by atoms with Gasteiger partial charge in [-0.3, -0.25) is 15.1 Å². The molecule has 0 spiro atoms. The van der Waals surface area contributed by atoms with Crippen LogP contribution in [-0.4, -0.2) is 36.4 Å². The second kappa shape index (κ2) is 6.51. The molecule has 0 aromatic carbocycles. The number of guanidine groups is 1. The fourth-order valence-electron chi connectivity index (χ4n) is 1.71. The fraction of sp³-hybridized carbons (Fsp3) is 0.833. The summed E-state index contributed by atoms with van der Waals surface area (Å²) >= 11 is 0. The van der Waals surface area contributed by atoms with Gasteiger partial charge in [-0.2, -0.15) is 0 Å². The summed E-state index contributed by atoms with van der Waals surface area (Å²) in [6.45, 7) is 9.08. The van der Waals surface area contributed by atoms with Gasteiger partial charge in [-0.1, -0.05) is 27.2 Å². The Hall–Kier alpha value is -1.06. The smallest absolute Gasteiger partial charge is 0.228 e. The molecule has 1 saturated heterocycles. The van der Waals surface area contributed by atoms with Crippen molar-refractivity contribution in [3.05, 3.63) is 0 Å². The molecular formula is C12H23N3O. The molecule has 0 unspecified atom stereocenters. The van der Waals surface area contributed by atoms with Crippen molar-refractivity contribution in [1.29, 1.82) is 0 Å². The van der Waals surface area contributed by atoms with Crippen LogP contribution in [0.3, 0.4) is 0 Å². The summed E-state index contributed by atoms with van der Waals surface area (Å²) in [5.41, 5.74) is 0. The third-order valence-corrected chi connectivity index (χ3v) is 2.52. The van der Waals surface area contributed by atoms with Crippen molar-refractivity contribution < 1.29 is 4.79 Å². The molecule has 0 radical (unpaired) electrons. The predicted octanol–water partition coefficient (Wildman–Crippen LogP) is 1.62. The Morgan fingerprint density at radius 1 is 1.50 bits per heavy atom. The molecule has 1 amide bonds. The van der Waals surface area contributed by atoms with E-state index < -0.39 is 0 Å². The molecule has 1 rings (SSSR count). The van der Waals surface area contributed by atoms with Crippen LogP contribution in [0, 0.1) is 5.92 Å². The zero-order valence-corrected chi connectivity index (χ0v) is 10.6. The van der Waals surface area contributed by atoms with Gasteiger partial charge in [0.2, 0.25) is 11.9 Å². The zero-order valence-electron chi connectivity index (χ0n) is 10.6. The molecule has 0 atom stereocenters. The minimum atomic E-state index is 0.0928. The Labute approximate surface area is 98.1 Å². The highest BCUT2D eigenvalue weighted by Gasteiger charge is 2.21. The van der Waals surface area contributed by atoms with E-state index in [-0.39, 0.29) is 5.91 Å². The highest BCUT2D eigenvalue weighted by Crippen LogP contribution is 2.05. The Bertz CT molecular complexity index is 261. The van der Waals surface area contributed by atoms with Crippen LogP contribution in [0.2, 0.25) is 0 Å². The first-order valence-electron chi connectivity index (χ1n) is 6.22. The van der Waals surface area contributed by atoms with Crippen LogP contribution in [0.15, 0.2) is 4.99 Å². The Morgan fingerprint density at radius 2 is 2.25 bits per heavy atom. The third-order valence-electron chi connectivity index (χ3n) is 2.52. The Balaban J connectivity index is 2.57. The van der Waals surface area contributed by atoms with Crippen LogP contribution in [0.5, 0.6) is 0 Å². The third kappa shape index (κ3) is 4.21. The largest absolute Gasteiger partial charge is 0.342 e. The lowest BCUT2D eigenvalue weighted by atomic mass is 10.2. The Kier molecular flexibility index (Phi) is 5.29. The van der Waals surface area contributed by atoms with Crippen LogP contribution in [0.4, 0.5) is 0 Å². The van der Waals surface area contributed by atoms with E-state index in [0.29, 0.717) is 12.3 Å². The molecule has 92 valence electrons. The van der Waals surface area contributed by atoms with Crippen molar-refractivity contribution in [1.82, 2.24) is 10.2 Å². The fourth-order valence-corrected chi connectivity index (χ4v) is 1.71. The molecule has 0 saturated carbocycles. The number of carbonyl (C=O) groups is 1. The van der Waals surface area contributed by atoms with Crippen LogP contribution < -0.4 is 5.32 Å². The van der Waals surface area contributed by atoms with Crippen molar-refractivity contribution in [2.45, 2.75) is 40.0 Å². The molecule has 4 heteroatoms. The van der Waals surface area contributed by atoms with Crippen LogP contribution >= 0.6 is 0 Å². The molecule has 1 aliphatic rings. The SMILES string of the molecule is CCCCN=C1NC(=O)CCN1CC(C)C. The average Bonchev–Trinajstić information content (AvgIpc) is 2.22. The van der Waals surface area contributed by atoms with Gasteiger partial charge in [0.15, 0.2) is 0 Å². The number of nitrogens with one attached hydrogen (secondary N) is 1. The van der Waals surface area contributed by atoms with Gasteiger partial charge in [-0.15, -0.1) is 0 Å². The van der Waals surface area contributed by atoms with Gasteiger partial charge in [0.05, 0.1) is 0 Å². The standard InChI is InChI=1S/C12H23N3O/c1-4-5-7-13-12-14-11(16)6-8-15(12)9-10(2)3/h10H,4-9H2,1-3H3,(H,13,14,16). The summed E-state index contributed by atoms with van der Waals surface area (Å²) in [5.74, 6) is 1.46. The van der Waals surface area contributed by atoms with Crippen molar-refractivity contribution in [2.24, 2.45) is 10.9 Å². The predicted molar refractivity (Wildman–Crippen MR) is 66.4 cm³/mol. The molecule has 0 aromatic rings. The lowest BCUT2D eigenvalue weighted by Crippen LogP contribution is -2.51. The second-order valence-corrected chi connectivity index (χ2v) is 4.70. The highest BCUT2D eigenvalue weighted by atomic mass is 16.2. The first-order valence-corrected chi connectivity index (χ1v) is 6.22. The normalized spacial score (nSPS) is 19.4. The van der Waals surface area contributed by atoms with Crippen molar-refractivity contribution in [3.63, 3.8) is 0 Å². The number of aliphatic imine (C=N–C) groups is 1. The van der Waals surface area contributed by atoms with E-state index in [9.17, 15) is 4.79 Å². The van der Waals surface area contributed by atoms with Crippen molar-refractivity contribution in [2.75, 3.05) is 19.6 Å². The number of rotatable bonds is 5. The molecule has 0 aromatic heterocycles. The van der Waals surface area contributed by atoms with E-state index in [1.165, 1.54) is 0 Å². The molecule has 1 heterocycles. The van der Waals surface area contributed by atoms with Crippen LogP contribution in [-0.2, 0) is 4.79 Å². The number of unbranched alkanes of at least 4 members (excludes halogenated alkanes) is 1. The van der Waals surface area contributed by atoms with Gasteiger partial charge in [-0.25, -0.2) is 0 Å². The molecule has 1 fully saturated rings.